The van der Waals surface area contributed by atoms with Crippen LogP contribution in [0.1, 0.15) is 37.8 Å². The smallest absolute Gasteiger partial charge is 0.243 e. The molecule has 2 N–H and O–H groups in total. The third-order valence-corrected chi connectivity index (χ3v) is 4.69. The molecule has 144 valence electrons. The van der Waals surface area contributed by atoms with E-state index in [9.17, 15) is 4.79 Å². The van der Waals surface area contributed by atoms with Crippen LogP contribution in [0.2, 0.25) is 0 Å². The summed E-state index contributed by atoms with van der Waals surface area (Å²) in [7, 11) is 3.50. The maximum atomic E-state index is 11.9. The van der Waals surface area contributed by atoms with Crippen molar-refractivity contribution in [3.8, 4) is 0 Å². The van der Waals surface area contributed by atoms with Gasteiger partial charge in [0, 0.05) is 27.2 Å². The summed E-state index contributed by atoms with van der Waals surface area (Å²) in [5, 5.41) is 6.80. The van der Waals surface area contributed by atoms with Crippen LogP contribution in [-0.4, -0.2) is 68.5 Å². The lowest BCUT2D eigenvalue weighted by Crippen LogP contribution is -2.44. The summed E-state index contributed by atoms with van der Waals surface area (Å²) in [6.45, 7) is 6.44. The first-order chi connectivity index (χ1) is 12.6. The van der Waals surface area contributed by atoms with E-state index in [2.05, 4.69) is 39.6 Å². The highest BCUT2D eigenvalue weighted by Crippen LogP contribution is 2.11. The molecule has 1 aliphatic heterocycles. The molecule has 1 aromatic rings. The second kappa shape index (κ2) is 10.8. The predicted octanol–water partition coefficient (Wildman–Crippen LogP) is 1.86. The van der Waals surface area contributed by atoms with Crippen LogP contribution in [0.25, 0.3) is 0 Å². The highest BCUT2D eigenvalue weighted by atomic mass is 16.2. The fraction of sp³-hybridized carbons (Fsp3) is 0.600. The maximum Gasteiger partial charge on any atom is 0.243 e. The van der Waals surface area contributed by atoms with Crippen LogP contribution in [0.5, 0.6) is 0 Å². The van der Waals surface area contributed by atoms with E-state index in [-0.39, 0.29) is 18.5 Å². The van der Waals surface area contributed by atoms with E-state index >= 15 is 0 Å². The Bertz CT molecular complexity index is 567. The Hall–Kier alpha value is -2.08. The van der Waals surface area contributed by atoms with Crippen molar-refractivity contribution in [3.63, 3.8) is 0 Å². The number of likely N-dealkylation sites (tertiary alicyclic amines) is 1. The molecule has 1 saturated heterocycles. The quantitative estimate of drug-likeness (QED) is 0.576. The second-order valence-corrected chi connectivity index (χ2v) is 7.06. The normalized spacial score (nSPS) is 16.8. The molecular weight excluding hydrogens is 326 g/mol. The van der Waals surface area contributed by atoms with Crippen molar-refractivity contribution in [3.05, 3.63) is 35.9 Å². The van der Waals surface area contributed by atoms with E-state index in [4.69, 9.17) is 0 Å². The van der Waals surface area contributed by atoms with Crippen LogP contribution in [0.4, 0.5) is 0 Å². The van der Waals surface area contributed by atoms with Crippen LogP contribution in [0.15, 0.2) is 35.3 Å². The zero-order chi connectivity index (χ0) is 18.8. The topological polar surface area (TPSA) is 60.0 Å². The molecule has 0 spiro atoms. The number of nitrogens with one attached hydrogen (secondary N) is 2. The Kier molecular flexibility index (Phi) is 8.41. The van der Waals surface area contributed by atoms with Gasteiger partial charge in [-0.3, -0.25) is 4.79 Å². The Morgan fingerprint density at radius 3 is 2.54 bits per heavy atom. The van der Waals surface area contributed by atoms with Gasteiger partial charge in [-0.25, -0.2) is 4.99 Å². The van der Waals surface area contributed by atoms with E-state index in [1.807, 2.05) is 18.2 Å². The van der Waals surface area contributed by atoms with Gasteiger partial charge in [-0.05, 0) is 38.4 Å². The zero-order valence-electron chi connectivity index (χ0n) is 16.4. The molecule has 0 bridgehead atoms. The minimum absolute atomic E-state index is 0.00510. The number of piperidine rings is 1. The van der Waals surface area contributed by atoms with Gasteiger partial charge in [0.2, 0.25) is 5.91 Å². The van der Waals surface area contributed by atoms with Gasteiger partial charge in [-0.15, -0.1) is 0 Å². The van der Waals surface area contributed by atoms with Gasteiger partial charge in [0.25, 0.3) is 0 Å². The molecule has 0 saturated carbocycles. The SMILES string of the molecule is CC(NC(=NCC(=O)N(C)C)NCCN1CCCCC1)c1ccccc1. The largest absolute Gasteiger partial charge is 0.355 e. The van der Waals surface area contributed by atoms with Crippen molar-refractivity contribution in [1.82, 2.24) is 20.4 Å². The van der Waals surface area contributed by atoms with Crippen molar-refractivity contribution in [2.45, 2.75) is 32.2 Å². The van der Waals surface area contributed by atoms with Crippen LogP contribution >= 0.6 is 0 Å². The van der Waals surface area contributed by atoms with Crippen LogP contribution < -0.4 is 10.6 Å². The number of likely N-dealkylation sites (N-methyl/N-ethyl adjacent to an activating group) is 1. The molecule has 26 heavy (non-hydrogen) atoms. The standard InChI is InChI=1S/C20H33N5O/c1-17(18-10-6-4-7-11-18)23-20(22-16-19(26)24(2)3)21-12-15-25-13-8-5-9-14-25/h4,6-7,10-11,17H,5,8-9,12-16H2,1-3H3,(H2,21,22,23). The highest BCUT2D eigenvalue weighted by Gasteiger charge is 2.12. The number of hydrogen-bond acceptors (Lipinski definition) is 3. The number of guanidine groups is 1. The molecule has 0 aromatic heterocycles. The zero-order valence-corrected chi connectivity index (χ0v) is 16.4. The summed E-state index contributed by atoms with van der Waals surface area (Å²) in [5.74, 6) is 0.683. The van der Waals surface area contributed by atoms with Gasteiger partial charge in [-0.2, -0.15) is 0 Å². The van der Waals surface area contributed by atoms with Crippen molar-refractivity contribution in [1.29, 1.82) is 0 Å². The molecule has 6 nitrogen and oxygen atoms in total. The summed E-state index contributed by atoms with van der Waals surface area (Å²) in [5.41, 5.74) is 1.19. The molecule has 1 atom stereocenters. The number of nitrogens with zero attached hydrogens (tertiary/aromatic N) is 3. The van der Waals surface area contributed by atoms with Gasteiger partial charge in [-0.1, -0.05) is 36.8 Å². The summed E-state index contributed by atoms with van der Waals surface area (Å²) in [6.07, 6.45) is 3.93. The van der Waals surface area contributed by atoms with Gasteiger partial charge in [0.1, 0.15) is 6.54 Å². The predicted molar refractivity (Wildman–Crippen MR) is 107 cm³/mol. The number of hydrogen-bond donors (Lipinski definition) is 2. The number of benzene rings is 1. The lowest BCUT2D eigenvalue weighted by molar-refractivity contribution is -0.127. The van der Waals surface area contributed by atoms with Crippen molar-refractivity contribution in [2.24, 2.45) is 4.99 Å². The summed E-state index contributed by atoms with van der Waals surface area (Å²) in [4.78, 5) is 20.4. The molecular formula is C20H33N5O. The van der Waals surface area contributed by atoms with Crippen molar-refractivity contribution in [2.75, 3.05) is 46.8 Å². The molecule has 0 radical (unpaired) electrons. The van der Waals surface area contributed by atoms with Gasteiger partial charge >= 0.3 is 0 Å². The van der Waals surface area contributed by atoms with Crippen molar-refractivity contribution < 1.29 is 4.79 Å². The van der Waals surface area contributed by atoms with Crippen LogP contribution in [0, 0.1) is 0 Å². The maximum absolute atomic E-state index is 11.9. The fourth-order valence-corrected chi connectivity index (χ4v) is 2.99. The van der Waals surface area contributed by atoms with E-state index in [0.29, 0.717) is 5.96 Å². The minimum Gasteiger partial charge on any atom is -0.355 e. The molecule has 0 aliphatic carbocycles. The molecule has 2 rings (SSSR count). The average Bonchev–Trinajstić information content (AvgIpc) is 2.67. The third kappa shape index (κ3) is 7.04. The molecule has 1 amide bonds. The molecule has 1 aromatic carbocycles. The summed E-state index contributed by atoms with van der Waals surface area (Å²) < 4.78 is 0. The van der Waals surface area contributed by atoms with E-state index < -0.39 is 0 Å². The lowest BCUT2D eigenvalue weighted by Gasteiger charge is -2.27. The first kappa shape index (κ1) is 20.2. The van der Waals surface area contributed by atoms with Gasteiger partial charge in [0.15, 0.2) is 5.96 Å². The number of aliphatic imine (C=N–C) groups is 1. The van der Waals surface area contributed by atoms with Crippen LogP contribution in [0.3, 0.4) is 0 Å². The average molecular weight is 360 g/mol. The lowest BCUT2D eigenvalue weighted by atomic mass is 10.1. The van der Waals surface area contributed by atoms with E-state index in [0.717, 1.165) is 13.1 Å². The molecule has 1 fully saturated rings. The van der Waals surface area contributed by atoms with E-state index in [1.54, 1.807) is 19.0 Å². The Balaban J connectivity index is 1.91. The molecule has 1 aliphatic rings. The van der Waals surface area contributed by atoms with Gasteiger partial charge in [0.05, 0.1) is 6.04 Å². The Labute approximate surface area is 157 Å². The van der Waals surface area contributed by atoms with Crippen LogP contribution in [-0.2, 0) is 4.79 Å². The summed E-state index contributed by atoms with van der Waals surface area (Å²) in [6, 6.07) is 10.4. The molecule has 1 heterocycles. The number of rotatable bonds is 7. The van der Waals surface area contributed by atoms with E-state index in [1.165, 1.54) is 37.9 Å². The molecule has 1 unspecified atom stereocenters. The Morgan fingerprint density at radius 2 is 1.88 bits per heavy atom. The summed E-state index contributed by atoms with van der Waals surface area (Å²) >= 11 is 0. The first-order valence-corrected chi connectivity index (χ1v) is 9.58. The van der Waals surface area contributed by atoms with Crippen molar-refractivity contribution >= 4 is 11.9 Å². The van der Waals surface area contributed by atoms with Gasteiger partial charge < -0.3 is 20.4 Å². The number of carbonyl (C=O) groups is 1. The number of carbonyl (C=O) groups excluding carboxylic acids is 1. The fourth-order valence-electron chi connectivity index (χ4n) is 2.99. The highest BCUT2D eigenvalue weighted by molar-refractivity contribution is 5.85. The monoisotopic (exact) mass is 359 g/mol. The number of amides is 1. The Morgan fingerprint density at radius 1 is 1.19 bits per heavy atom. The molecule has 6 heteroatoms. The third-order valence-electron chi connectivity index (χ3n) is 4.69. The first-order valence-electron chi connectivity index (χ1n) is 9.58. The second-order valence-electron chi connectivity index (χ2n) is 7.06. The minimum atomic E-state index is -0.00510.